The first-order valence-electron chi connectivity index (χ1n) is 10.4. The molecule has 3 aromatic carbocycles. The number of anilines is 3. The van der Waals surface area contributed by atoms with Gasteiger partial charge in [0.15, 0.2) is 0 Å². The fraction of sp³-hybridized carbons (Fsp3) is 0.160. The van der Waals surface area contributed by atoms with Gasteiger partial charge in [0, 0.05) is 34.9 Å². The van der Waals surface area contributed by atoms with Gasteiger partial charge < -0.3 is 15.5 Å². The molecule has 1 aliphatic heterocycles. The zero-order valence-corrected chi connectivity index (χ0v) is 18.1. The molecule has 1 saturated heterocycles. The Morgan fingerprint density at radius 3 is 2.25 bits per heavy atom. The van der Waals surface area contributed by atoms with Gasteiger partial charge in [-0.1, -0.05) is 23.7 Å². The molecule has 2 N–H and O–H groups in total. The van der Waals surface area contributed by atoms with Crippen LogP contribution in [0.25, 0.3) is 0 Å². The Bertz CT molecular complexity index is 1140. The van der Waals surface area contributed by atoms with Gasteiger partial charge in [-0.15, -0.1) is 0 Å². The number of nitrogens with one attached hydrogen (secondary N) is 2. The molecule has 0 unspecified atom stereocenters. The summed E-state index contributed by atoms with van der Waals surface area (Å²) in [5.74, 6) is -0.560. The van der Waals surface area contributed by atoms with Crippen LogP contribution in [-0.4, -0.2) is 24.3 Å². The molecular formula is C25H22ClN3O3. The van der Waals surface area contributed by atoms with E-state index in [9.17, 15) is 14.4 Å². The zero-order valence-electron chi connectivity index (χ0n) is 17.3. The molecule has 162 valence electrons. The van der Waals surface area contributed by atoms with Gasteiger partial charge >= 0.3 is 0 Å². The number of carbonyl (C=O) groups is 3. The van der Waals surface area contributed by atoms with E-state index < -0.39 is 0 Å². The van der Waals surface area contributed by atoms with E-state index in [0.29, 0.717) is 40.5 Å². The second-order valence-electron chi connectivity index (χ2n) is 7.51. The average molecular weight is 448 g/mol. The first-order chi connectivity index (χ1) is 15.5. The minimum absolute atomic E-state index is 0.124. The van der Waals surface area contributed by atoms with Crippen LogP contribution in [0, 0.1) is 0 Å². The molecule has 0 bridgehead atoms. The van der Waals surface area contributed by atoms with Gasteiger partial charge in [0.1, 0.15) is 0 Å². The van der Waals surface area contributed by atoms with Crippen molar-refractivity contribution >= 4 is 46.4 Å². The molecule has 3 amide bonds. The summed E-state index contributed by atoms with van der Waals surface area (Å²) in [6.07, 6.45) is 2.48. The molecular weight excluding hydrogens is 426 g/mol. The molecule has 0 aliphatic carbocycles. The Morgan fingerprint density at radius 1 is 0.812 bits per heavy atom. The number of rotatable bonds is 5. The van der Waals surface area contributed by atoms with Crippen molar-refractivity contribution in [3.8, 4) is 0 Å². The minimum atomic E-state index is -0.348. The van der Waals surface area contributed by atoms with Gasteiger partial charge in [-0.2, -0.15) is 0 Å². The number of nitrogens with zero attached hydrogens (tertiary/aromatic N) is 1. The number of hydrogen-bond acceptors (Lipinski definition) is 3. The molecule has 0 atom stereocenters. The van der Waals surface area contributed by atoms with Crippen molar-refractivity contribution < 1.29 is 14.4 Å². The summed E-state index contributed by atoms with van der Waals surface area (Å²) < 4.78 is 0. The van der Waals surface area contributed by atoms with Crippen LogP contribution < -0.4 is 15.5 Å². The quantitative estimate of drug-likeness (QED) is 0.552. The lowest BCUT2D eigenvalue weighted by molar-refractivity contribution is -0.119. The van der Waals surface area contributed by atoms with Gasteiger partial charge in [-0.05, 0) is 73.5 Å². The predicted octanol–water partition coefficient (Wildman–Crippen LogP) is 5.36. The fourth-order valence-corrected chi connectivity index (χ4v) is 3.71. The van der Waals surface area contributed by atoms with Crippen LogP contribution in [-0.2, 0) is 4.79 Å². The van der Waals surface area contributed by atoms with E-state index in [2.05, 4.69) is 10.6 Å². The fourth-order valence-electron chi connectivity index (χ4n) is 3.59. The number of halogens is 1. The minimum Gasteiger partial charge on any atom is -0.322 e. The van der Waals surface area contributed by atoms with Crippen molar-refractivity contribution in [1.29, 1.82) is 0 Å². The van der Waals surface area contributed by atoms with Gasteiger partial charge in [-0.25, -0.2) is 0 Å². The molecule has 1 heterocycles. The van der Waals surface area contributed by atoms with E-state index in [4.69, 9.17) is 11.6 Å². The first kappa shape index (κ1) is 21.6. The van der Waals surface area contributed by atoms with Crippen LogP contribution in [0.1, 0.15) is 40.0 Å². The summed E-state index contributed by atoms with van der Waals surface area (Å²) in [5, 5.41) is 6.17. The lowest BCUT2D eigenvalue weighted by atomic mass is 10.1. The van der Waals surface area contributed by atoms with Gasteiger partial charge in [0.2, 0.25) is 5.91 Å². The molecule has 0 radical (unpaired) electrons. The molecule has 0 saturated carbocycles. The monoisotopic (exact) mass is 447 g/mol. The molecule has 0 aromatic heterocycles. The van der Waals surface area contributed by atoms with E-state index in [1.54, 1.807) is 65.6 Å². The summed E-state index contributed by atoms with van der Waals surface area (Å²) in [7, 11) is 0. The molecule has 6 nitrogen and oxygen atoms in total. The topological polar surface area (TPSA) is 78.5 Å². The van der Waals surface area contributed by atoms with Gasteiger partial charge in [-0.3, -0.25) is 14.4 Å². The lowest BCUT2D eigenvalue weighted by Gasteiger charge is -2.26. The van der Waals surface area contributed by atoms with Crippen molar-refractivity contribution in [2.24, 2.45) is 0 Å². The van der Waals surface area contributed by atoms with E-state index in [-0.39, 0.29) is 17.7 Å². The first-order valence-corrected chi connectivity index (χ1v) is 10.8. The highest BCUT2D eigenvalue weighted by Crippen LogP contribution is 2.24. The van der Waals surface area contributed by atoms with Gasteiger partial charge in [0.25, 0.3) is 11.8 Å². The summed E-state index contributed by atoms with van der Waals surface area (Å²) in [4.78, 5) is 39.3. The molecule has 7 heteroatoms. The molecule has 0 spiro atoms. The van der Waals surface area contributed by atoms with E-state index >= 15 is 0 Å². The van der Waals surface area contributed by atoms with E-state index in [1.165, 1.54) is 0 Å². The number of piperidine rings is 1. The van der Waals surface area contributed by atoms with Crippen LogP contribution >= 0.6 is 11.6 Å². The third-order valence-electron chi connectivity index (χ3n) is 5.29. The van der Waals surface area contributed by atoms with E-state index in [0.717, 1.165) is 18.5 Å². The van der Waals surface area contributed by atoms with Crippen molar-refractivity contribution in [3.63, 3.8) is 0 Å². The normalized spacial score (nSPS) is 13.5. The Morgan fingerprint density at radius 2 is 1.53 bits per heavy atom. The van der Waals surface area contributed by atoms with Crippen LogP contribution in [0.4, 0.5) is 17.1 Å². The second-order valence-corrected chi connectivity index (χ2v) is 7.95. The zero-order chi connectivity index (χ0) is 22.5. The van der Waals surface area contributed by atoms with Crippen molar-refractivity contribution in [1.82, 2.24) is 0 Å². The van der Waals surface area contributed by atoms with Crippen molar-refractivity contribution in [3.05, 3.63) is 88.9 Å². The van der Waals surface area contributed by atoms with Crippen molar-refractivity contribution in [2.75, 3.05) is 22.1 Å². The van der Waals surface area contributed by atoms with Gasteiger partial charge in [0.05, 0.1) is 11.3 Å². The molecule has 1 fully saturated rings. The van der Waals surface area contributed by atoms with Crippen LogP contribution in [0.2, 0.25) is 5.02 Å². The Kier molecular flexibility index (Phi) is 6.52. The number of hydrogen-bond donors (Lipinski definition) is 2. The Balaban J connectivity index is 1.46. The van der Waals surface area contributed by atoms with Crippen LogP contribution in [0.15, 0.2) is 72.8 Å². The number of amides is 3. The maximum atomic E-state index is 12.9. The maximum Gasteiger partial charge on any atom is 0.257 e. The van der Waals surface area contributed by atoms with E-state index in [1.807, 2.05) is 12.1 Å². The Labute approximate surface area is 191 Å². The van der Waals surface area contributed by atoms with Crippen LogP contribution in [0.5, 0.6) is 0 Å². The summed E-state index contributed by atoms with van der Waals surface area (Å²) in [5.41, 5.74) is 2.60. The maximum absolute atomic E-state index is 12.9. The number of para-hydroxylation sites is 1. The summed E-state index contributed by atoms with van der Waals surface area (Å²) >= 11 is 5.88. The second kappa shape index (κ2) is 9.66. The summed E-state index contributed by atoms with van der Waals surface area (Å²) in [6, 6.07) is 20.5. The molecule has 32 heavy (non-hydrogen) atoms. The SMILES string of the molecule is O=C(Nc1ccccc1C(=O)Nc1ccc(N2CCCCC2=O)cc1)c1ccc(Cl)cc1. The third kappa shape index (κ3) is 4.98. The van der Waals surface area contributed by atoms with Crippen molar-refractivity contribution in [2.45, 2.75) is 19.3 Å². The summed E-state index contributed by atoms with van der Waals surface area (Å²) in [6.45, 7) is 0.714. The molecule has 4 rings (SSSR count). The standard InChI is InChI=1S/C25H22ClN3O3/c26-18-10-8-17(9-11-18)24(31)28-22-6-2-1-5-21(22)25(32)27-19-12-14-20(15-13-19)29-16-4-3-7-23(29)30/h1-2,5-6,8-15H,3-4,7,16H2,(H,27,32)(H,28,31). The number of carbonyl (C=O) groups excluding carboxylic acids is 3. The lowest BCUT2D eigenvalue weighted by Crippen LogP contribution is -2.35. The molecule has 3 aromatic rings. The largest absolute Gasteiger partial charge is 0.322 e. The highest BCUT2D eigenvalue weighted by molar-refractivity contribution is 6.30. The molecule has 1 aliphatic rings. The highest BCUT2D eigenvalue weighted by atomic mass is 35.5. The highest BCUT2D eigenvalue weighted by Gasteiger charge is 2.20. The average Bonchev–Trinajstić information content (AvgIpc) is 2.81. The number of benzene rings is 3. The third-order valence-corrected chi connectivity index (χ3v) is 5.54. The van der Waals surface area contributed by atoms with Crippen LogP contribution in [0.3, 0.4) is 0 Å². The smallest absolute Gasteiger partial charge is 0.257 e. The predicted molar refractivity (Wildman–Crippen MR) is 126 cm³/mol. The Hall–Kier alpha value is -3.64.